The molecule has 0 bridgehead atoms. The van der Waals surface area contributed by atoms with Crippen LogP contribution in [0.1, 0.15) is 104 Å². The average molecular weight is 475 g/mol. The van der Waals surface area contributed by atoms with Crippen molar-refractivity contribution < 1.29 is 4.79 Å². The van der Waals surface area contributed by atoms with Gasteiger partial charge in [-0.15, -0.1) is 0 Å². The number of para-hydroxylation sites is 1. The van der Waals surface area contributed by atoms with Crippen molar-refractivity contribution in [3.63, 3.8) is 0 Å². The largest absolute Gasteiger partial charge is 0.341 e. The fraction of sp³-hybridized carbons (Fsp3) is 0.531. The van der Waals surface area contributed by atoms with Crippen LogP contribution in [0.4, 0.5) is 5.69 Å². The normalized spacial score (nSPS) is 11.7. The maximum atomic E-state index is 12.5. The Morgan fingerprint density at radius 2 is 1.37 bits per heavy atom. The number of aryl methyl sites for hydroxylation is 1. The summed E-state index contributed by atoms with van der Waals surface area (Å²) in [7, 11) is 0. The molecule has 0 fully saturated rings. The standard InChI is InChI=1S/C32H46N2O/c1-3-5-6-7-8-9-10-11-12-13-14-15-16-17-18-23-32(35)33-27-24-25-31-29(26-27)28-21-19-20-22-30(28)34(31)4-2/h11-12,19-22,24-26H,3-10,13-18,23H2,1-2H3,(H,33,35). The van der Waals surface area contributed by atoms with E-state index >= 15 is 0 Å². The molecule has 3 heteroatoms. The second kappa shape index (κ2) is 15.4. The number of benzene rings is 2. The van der Waals surface area contributed by atoms with Gasteiger partial charge in [-0.05, 0) is 63.3 Å². The molecule has 0 spiro atoms. The van der Waals surface area contributed by atoms with Crippen molar-refractivity contribution in [1.29, 1.82) is 0 Å². The van der Waals surface area contributed by atoms with Gasteiger partial charge < -0.3 is 9.88 Å². The van der Waals surface area contributed by atoms with E-state index in [-0.39, 0.29) is 5.91 Å². The lowest BCUT2D eigenvalue weighted by Crippen LogP contribution is -2.10. The number of carbonyl (C=O) groups excluding carboxylic acids is 1. The number of allylic oxidation sites excluding steroid dienone is 2. The van der Waals surface area contributed by atoms with Gasteiger partial charge in [0, 0.05) is 40.5 Å². The van der Waals surface area contributed by atoms with Crippen molar-refractivity contribution in [2.45, 2.75) is 110 Å². The first-order valence-corrected chi connectivity index (χ1v) is 14.2. The zero-order chi connectivity index (χ0) is 24.7. The number of hydrogen-bond donors (Lipinski definition) is 1. The van der Waals surface area contributed by atoms with Crippen LogP contribution in [0, 0.1) is 0 Å². The molecule has 0 aliphatic rings. The van der Waals surface area contributed by atoms with Crippen LogP contribution in [0.3, 0.4) is 0 Å². The number of hydrogen-bond acceptors (Lipinski definition) is 1. The van der Waals surface area contributed by atoms with E-state index in [2.05, 4.69) is 72.3 Å². The Hall–Kier alpha value is -2.55. The van der Waals surface area contributed by atoms with Crippen LogP contribution in [0.15, 0.2) is 54.6 Å². The molecule has 0 unspecified atom stereocenters. The number of nitrogens with one attached hydrogen (secondary N) is 1. The van der Waals surface area contributed by atoms with Crippen LogP contribution in [0.5, 0.6) is 0 Å². The molecule has 1 aromatic heterocycles. The summed E-state index contributed by atoms with van der Waals surface area (Å²) < 4.78 is 2.33. The number of anilines is 1. The predicted octanol–water partition coefficient (Wildman–Crippen LogP) is 9.79. The van der Waals surface area contributed by atoms with Crippen molar-refractivity contribution in [2.24, 2.45) is 0 Å². The molecular formula is C32H46N2O. The third kappa shape index (κ3) is 8.56. The molecule has 3 aromatic rings. The van der Waals surface area contributed by atoms with Crippen molar-refractivity contribution in [3.8, 4) is 0 Å². The van der Waals surface area contributed by atoms with Crippen molar-refractivity contribution in [3.05, 3.63) is 54.6 Å². The van der Waals surface area contributed by atoms with Crippen molar-refractivity contribution >= 4 is 33.4 Å². The maximum Gasteiger partial charge on any atom is 0.224 e. The van der Waals surface area contributed by atoms with Crippen LogP contribution < -0.4 is 5.32 Å². The van der Waals surface area contributed by atoms with Gasteiger partial charge in [0.2, 0.25) is 5.91 Å². The number of unbranched alkanes of at least 4 members (excludes halogenated alkanes) is 11. The fourth-order valence-electron chi connectivity index (χ4n) is 5.05. The van der Waals surface area contributed by atoms with Gasteiger partial charge in [0.15, 0.2) is 0 Å². The molecule has 190 valence electrons. The Morgan fingerprint density at radius 3 is 2.09 bits per heavy atom. The molecule has 0 saturated heterocycles. The zero-order valence-corrected chi connectivity index (χ0v) is 22.2. The Bertz CT molecular complexity index is 1060. The van der Waals surface area contributed by atoms with Gasteiger partial charge in [0.25, 0.3) is 0 Å². The summed E-state index contributed by atoms with van der Waals surface area (Å²) >= 11 is 0. The number of aromatic nitrogens is 1. The second-order valence-corrected chi connectivity index (χ2v) is 9.88. The first kappa shape index (κ1) is 27.0. The summed E-state index contributed by atoms with van der Waals surface area (Å²) in [6.07, 6.45) is 21.9. The van der Waals surface area contributed by atoms with Crippen LogP contribution in [0.25, 0.3) is 21.8 Å². The average Bonchev–Trinajstić information content (AvgIpc) is 3.19. The van der Waals surface area contributed by atoms with Crippen LogP contribution in [-0.2, 0) is 11.3 Å². The highest BCUT2D eigenvalue weighted by Crippen LogP contribution is 2.31. The van der Waals surface area contributed by atoms with Crippen LogP contribution in [-0.4, -0.2) is 10.5 Å². The molecule has 0 aliphatic carbocycles. The number of nitrogens with zero attached hydrogens (tertiary/aromatic N) is 1. The van der Waals surface area contributed by atoms with E-state index in [0.717, 1.165) is 25.1 Å². The third-order valence-corrected chi connectivity index (χ3v) is 7.04. The highest BCUT2D eigenvalue weighted by Gasteiger charge is 2.10. The smallest absolute Gasteiger partial charge is 0.224 e. The third-order valence-electron chi connectivity index (χ3n) is 7.04. The summed E-state index contributed by atoms with van der Waals surface area (Å²) in [5, 5.41) is 5.58. The molecule has 1 amide bonds. The van der Waals surface area contributed by atoms with E-state index in [1.54, 1.807) is 0 Å². The van der Waals surface area contributed by atoms with Crippen LogP contribution >= 0.6 is 0 Å². The lowest BCUT2D eigenvalue weighted by atomic mass is 10.1. The van der Waals surface area contributed by atoms with Gasteiger partial charge >= 0.3 is 0 Å². The van der Waals surface area contributed by atoms with Crippen molar-refractivity contribution in [1.82, 2.24) is 4.57 Å². The van der Waals surface area contributed by atoms with E-state index < -0.39 is 0 Å². The number of fused-ring (bicyclic) bond motifs is 3. The van der Waals surface area contributed by atoms with Gasteiger partial charge in [-0.25, -0.2) is 0 Å². The minimum absolute atomic E-state index is 0.126. The maximum absolute atomic E-state index is 12.5. The molecule has 1 heterocycles. The first-order valence-electron chi connectivity index (χ1n) is 14.2. The summed E-state index contributed by atoms with van der Waals surface area (Å²) in [4.78, 5) is 12.5. The highest BCUT2D eigenvalue weighted by atomic mass is 16.1. The topological polar surface area (TPSA) is 34.0 Å². The number of rotatable bonds is 17. The molecule has 0 aliphatic heterocycles. The van der Waals surface area contributed by atoms with Gasteiger partial charge in [-0.3, -0.25) is 4.79 Å². The number of amides is 1. The summed E-state index contributed by atoms with van der Waals surface area (Å²) in [6.45, 7) is 5.38. The zero-order valence-electron chi connectivity index (χ0n) is 22.2. The van der Waals surface area contributed by atoms with E-state index in [1.165, 1.54) is 92.4 Å². The SMILES string of the molecule is CCCCCCCCC=CCCCCCCCC(=O)Nc1ccc2c(c1)c1ccccc1n2CC. The molecule has 35 heavy (non-hydrogen) atoms. The van der Waals surface area contributed by atoms with E-state index in [1.807, 2.05) is 6.07 Å². The summed E-state index contributed by atoms with van der Waals surface area (Å²) in [5.41, 5.74) is 3.37. The highest BCUT2D eigenvalue weighted by molar-refractivity contribution is 6.09. The summed E-state index contributed by atoms with van der Waals surface area (Å²) in [6, 6.07) is 14.8. The molecule has 0 saturated carbocycles. The lowest BCUT2D eigenvalue weighted by molar-refractivity contribution is -0.116. The first-order chi connectivity index (χ1) is 17.2. The second-order valence-electron chi connectivity index (χ2n) is 9.88. The molecular weight excluding hydrogens is 428 g/mol. The molecule has 3 rings (SSSR count). The molecule has 3 nitrogen and oxygen atoms in total. The Labute approximate surface area is 213 Å². The number of carbonyl (C=O) groups is 1. The predicted molar refractivity (Wildman–Crippen MR) is 153 cm³/mol. The molecule has 0 atom stereocenters. The fourth-order valence-corrected chi connectivity index (χ4v) is 5.05. The van der Waals surface area contributed by atoms with Gasteiger partial charge in [-0.2, -0.15) is 0 Å². The van der Waals surface area contributed by atoms with E-state index in [9.17, 15) is 4.79 Å². The Balaban J connectivity index is 1.28. The minimum Gasteiger partial charge on any atom is -0.341 e. The van der Waals surface area contributed by atoms with Crippen LogP contribution in [0.2, 0.25) is 0 Å². The van der Waals surface area contributed by atoms with Crippen molar-refractivity contribution in [2.75, 3.05) is 5.32 Å². The van der Waals surface area contributed by atoms with E-state index in [0.29, 0.717) is 6.42 Å². The molecule has 0 radical (unpaired) electrons. The Morgan fingerprint density at radius 1 is 0.743 bits per heavy atom. The molecule has 2 aromatic carbocycles. The van der Waals surface area contributed by atoms with Gasteiger partial charge in [0.1, 0.15) is 0 Å². The molecule has 1 N–H and O–H groups in total. The monoisotopic (exact) mass is 474 g/mol. The Kier molecular flexibility index (Phi) is 11.9. The minimum atomic E-state index is 0.126. The van der Waals surface area contributed by atoms with Gasteiger partial charge in [-0.1, -0.05) is 88.6 Å². The lowest BCUT2D eigenvalue weighted by Gasteiger charge is -2.07. The quantitative estimate of drug-likeness (QED) is 0.153. The van der Waals surface area contributed by atoms with E-state index in [4.69, 9.17) is 0 Å². The summed E-state index contributed by atoms with van der Waals surface area (Å²) in [5.74, 6) is 0.126. The van der Waals surface area contributed by atoms with Gasteiger partial charge in [0.05, 0.1) is 0 Å².